The van der Waals surface area contributed by atoms with Crippen molar-refractivity contribution in [2.24, 2.45) is 11.3 Å². The minimum absolute atomic E-state index is 0.651. The molecule has 0 atom stereocenters. The number of aromatic nitrogens is 1. The van der Waals surface area contributed by atoms with Gasteiger partial charge in [0, 0.05) is 13.1 Å². The molecule has 0 amide bonds. The summed E-state index contributed by atoms with van der Waals surface area (Å²) in [6.45, 7) is 2.28. The van der Waals surface area contributed by atoms with Crippen LogP contribution in [-0.4, -0.2) is 18.1 Å². The van der Waals surface area contributed by atoms with Gasteiger partial charge in [0.05, 0.1) is 0 Å². The molecule has 0 radical (unpaired) electrons. The fourth-order valence-electron chi connectivity index (χ4n) is 3.69. The van der Waals surface area contributed by atoms with Gasteiger partial charge in [0.15, 0.2) is 0 Å². The van der Waals surface area contributed by atoms with Crippen molar-refractivity contribution in [2.45, 2.75) is 44.9 Å². The van der Waals surface area contributed by atoms with E-state index in [0.717, 1.165) is 24.7 Å². The highest BCUT2D eigenvalue weighted by atomic mass is 15.3. The van der Waals surface area contributed by atoms with E-state index in [4.69, 9.17) is 5.84 Å². The van der Waals surface area contributed by atoms with Crippen LogP contribution in [0.15, 0.2) is 18.2 Å². The third-order valence-corrected chi connectivity index (χ3v) is 4.94. The van der Waals surface area contributed by atoms with Crippen molar-refractivity contribution in [3.05, 3.63) is 18.2 Å². The van der Waals surface area contributed by atoms with Crippen LogP contribution in [0, 0.1) is 5.41 Å². The normalized spacial score (nSPS) is 22.5. The maximum absolute atomic E-state index is 5.43. The van der Waals surface area contributed by atoms with E-state index in [-0.39, 0.29) is 0 Å². The van der Waals surface area contributed by atoms with Crippen molar-refractivity contribution < 1.29 is 0 Å². The predicted molar refractivity (Wildman–Crippen MR) is 79.0 cm³/mol. The van der Waals surface area contributed by atoms with Gasteiger partial charge in [-0.3, -0.25) is 0 Å². The Balaban J connectivity index is 1.65. The summed E-state index contributed by atoms with van der Waals surface area (Å²) in [4.78, 5) is 6.94. The van der Waals surface area contributed by atoms with Crippen LogP contribution < -0.4 is 16.2 Å². The Morgan fingerprint density at radius 2 is 1.79 bits per heavy atom. The Labute approximate surface area is 115 Å². The van der Waals surface area contributed by atoms with E-state index in [1.54, 1.807) is 0 Å². The fourth-order valence-corrected chi connectivity index (χ4v) is 3.69. The van der Waals surface area contributed by atoms with Crippen LogP contribution in [0.25, 0.3) is 0 Å². The average Bonchev–Trinajstić information content (AvgIpc) is 2.49. The van der Waals surface area contributed by atoms with Crippen LogP contribution in [-0.2, 0) is 0 Å². The van der Waals surface area contributed by atoms with E-state index in [0.29, 0.717) is 5.41 Å². The topological polar surface area (TPSA) is 54.2 Å². The zero-order chi connectivity index (χ0) is 13.1. The van der Waals surface area contributed by atoms with Crippen molar-refractivity contribution in [3.63, 3.8) is 0 Å². The van der Waals surface area contributed by atoms with Gasteiger partial charge in [-0.2, -0.15) is 0 Å². The number of nitrogens with zero attached hydrogens (tertiary/aromatic N) is 2. The largest absolute Gasteiger partial charge is 0.357 e. The molecule has 2 heterocycles. The fraction of sp³-hybridized carbons (Fsp3) is 0.667. The number of nitrogens with two attached hydrogens (primary N) is 1. The molecule has 3 N–H and O–H groups in total. The number of piperidine rings is 1. The van der Waals surface area contributed by atoms with Crippen LogP contribution in [0.3, 0.4) is 0 Å². The van der Waals surface area contributed by atoms with Crippen LogP contribution in [0.5, 0.6) is 0 Å². The maximum atomic E-state index is 5.43. The Morgan fingerprint density at radius 3 is 2.47 bits per heavy atom. The highest BCUT2D eigenvalue weighted by molar-refractivity contribution is 5.46. The molecule has 1 saturated carbocycles. The second-order valence-electron chi connectivity index (χ2n) is 6.07. The molecule has 1 aromatic rings. The van der Waals surface area contributed by atoms with E-state index in [1.807, 2.05) is 12.1 Å². The van der Waals surface area contributed by atoms with Crippen molar-refractivity contribution >= 4 is 11.6 Å². The minimum atomic E-state index is 0.651. The van der Waals surface area contributed by atoms with Gasteiger partial charge < -0.3 is 10.3 Å². The number of hydrogen-bond donors (Lipinski definition) is 2. The first-order valence-corrected chi connectivity index (χ1v) is 7.50. The molecule has 2 aliphatic rings. The number of nitrogens with one attached hydrogen (secondary N) is 1. The molecule has 2 fully saturated rings. The third kappa shape index (κ3) is 2.68. The van der Waals surface area contributed by atoms with Gasteiger partial charge in [-0.05, 0) is 43.2 Å². The van der Waals surface area contributed by atoms with Gasteiger partial charge in [-0.1, -0.05) is 25.3 Å². The van der Waals surface area contributed by atoms with Gasteiger partial charge in [0.1, 0.15) is 11.6 Å². The second-order valence-corrected chi connectivity index (χ2v) is 6.07. The SMILES string of the molecule is NNc1cccc(N2CCC3(CCCCC3)CC2)n1. The number of anilines is 2. The molecule has 104 valence electrons. The maximum Gasteiger partial charge on any atom is 0.142 e. The van der Waals surface area contributed by atoms with Crippen LogP contribution in [0.1, 0.15) is 44.9 Å². The second kappa shape index (κ2) is 5.37. The van der Waals surface area contributed by atoms with Crippen LogP contribution in [0.4, 0.5) is 11.6 Å². The Hall–Kier alpha value is -1.29. The molecule has 0 unspecified atom stereocenters. The van der Waals surface area contributed by atoms with Crippen LogP contribution >= 0.6 is 0 Å². The minimum Gasteiger partial charge on any atom is -0.357 e. The van der Waals surface area contributed by atoms with E-state index in [1.165, 1.54) is 44.9 Å². The summed E-state index contributed by atoms with van der Waals surface area (Å²) in [7, 11) is 0. The lowest BCUT2D eigenvalue weighted by molar-refractivity contribution is 0.144. The Kier molecular flexibility index (Phi) is 3.60. The molecule has 1 saturated heterocycles. The number of rotatable bonds is 2. The van der Waals surface area contributed by atoms with Crippen molar-refractivity contribution in [1.82, 2.24) is 4.98 Å². The van der Waals surface area contributed by atoms with Gasteiger partial charge in [-0.25, -0.2) is 10.8 Å². The highest BCUT2D eigenvalue weighted by Crippen LogP contribution is 2.44. The molecule has 1 aliphatic carbocycles. The first-order valence-electron chi connectivity index (χ1n) is 7.50. The lowest BCUT2D eigenvalue weighted by atomic mass is 9.68. The summed E-state index contributed by atoms with van der Waals surface area (Å²) in [6.07, 6.45) is 9.86. The van der Waals surface area contributed by atoms with Crippen LogP contribution in [0.2, 0.25) is 0 Å². The molecular weight excluding hydrogens is 236 g/mol. The molecule has 1 spiro atoms. The molecule has 19 heavy (non-hydrogen) atoms. The number of nitrogen functional groups attached to an aromatic ring is 1. The standard InChI is InChI=1S/C15H24N4/c16-18-13-5-4-6-14(17-13)19-11-9-15(10-12-19)7-2-1-3-8-15/h4-6H,1-3,7-12,16H2,(H,17,18). The molecule has 1 aromatic heterocycles. The van der Waals surface area contributed by atoms with Crippen molar-refractivity contribution in [1.29, 1.82) is 0 Å². The lowest BCUT2D eigenvalue weighted by Crippen LogP contribution is -2.41. The zero-order valence-electron chi connectivity index (χ0n) is 11.6. The molecule has 4 nitrogen and oxygen atoms in total. The number of pyridine rings is 1. The zero-order valence-corrected chi connectivity index (χ0v) is 11.6. The molecule has 0 aromatic carbocycles. The molecule has 0 bridgehead atoms. The predicted octanol–water partition coefficient (Wildman–Crippen LogP) is 2.92. The molecule has 1 aliphatic heterocycles. The molecular formula is C15H24N4. The first kappa shape index (κ1) is 12.7. The average molecular weight is 260 g/mol. The summed E-state index contributed by atoms with van der Waals surface area (Å²) in [5.74, 6) is 7.23. The van der Waals surface area contributed by atoms with Crippen molar-refractivity contribution in [3.8, 4) is 0 Å². The summed E-state index contributed by atoms with van der Waals surface area (Å²) in [5, 5.41) is 0. The number of hydrazine groups is 1. The third-order valence-electron chi connectivity index (χ3n) is 4.94. The smallest absolute Gasteiger partial charge is 0.142 e. The summed E-state index contributed by atoms with van der Waals surface area (Å²) < 4.78 is 0. The monoisotopic (exact) mass is 260 g/mol. The van der Waals surface area contributed by atoms with Gasteiger partial charge in [0.2, 0.25) is 0 Å². The number of hydrogen-bond acceptors (Lipinski definition) is 4. The molecule has 3 rings (SSSR count). The summed E-state index contributed by atoms with van der Waals surface area (Å²) in [6, 6.07) is 6.00. The van der Waals surface area contributed by atoms with Gasteiger partial charge >= 0.3 is 0 Å². The van der Waals surface area contributed by atoms with Crippen molar-refractivity contribution in [2.75, 3.05) is 23.4 Å². The Bertz CT molecular complexity index is 416. The molecule has 4 heteroatoms. The Morgan fingerprint density at radius 1 is 1.05 bits per heavy atom. The van der Waals surface area contributed by atoms with Gasteiger partial charge in [-0.15, -0.1) is 0 Å². The highest BCUT2D eigenvalue weighted by Gasteiger charge is 2.35. The van der Waals surface area contributed by atoms with E-state index >= 15 is 0 Å². The first-order chi connectivity index (χ1) is 9.31. The van der Waals surface area contributed by atoms with Gasteiger partial charge in [0.25, 0.3) is 0 Å². The van der Waals surface area contributed by atoms with E-state index in [2.05, 4.69) is 21.4 Å². The lowest BCUT2D eigenvalue weighted by Gasteiger charge is -2.44. The quantitative estimate of drug-likeness (QED) is 0.634. The van der Waals surface area contributed by atoms with E-state index in [9.17, 15) is 0 Å². The van der Waals surface area contributed by atoms with E-state index < -0.39 is 0 Å². The summed E-state index contributed by atoms with van der Waals surface area (Å²) >= 11 is 0. The summed E-state index contributed by atoms with van der Waals surface area (Å²) in [5.41, 5.74) is 3.28.